The Bertz CT molecular complexity index is 893. The van der Waals surface area contributed by atoms with E-state index in [0.717, 1.165) is 49.2 Å². The second-order valence-corrected chi connectivity index (χ2v) is 12.3. The zero-order chi connectivity index (χ0) is 23.9. The molecule has 2 amide bonds. The van der Waals surface area contributed by atoms with E-state index in [-0.39, 0.29) is 23.9 Å². The van der Waals surface area contributed by atoms with Crippen LogP contribution in [-0.2, 0) is 4.79 Å². The SMILES string of the molecule is CC(=O)[C@@H]1CCCN1C(=O)N(c1ccccc1)[C@H]1C[C@H]2CCC[C@@H](C1)N2[C@H]1C[C@@H]2CCC[C@@H](C2)C1. The van der Waals surface area contributed by atoms with Crippen LogP contribution in [-0.4, -0.2) is 58.4 Å². The molecule has 35 heavy (non-hydrogen) atoms. The number of carbonyl (C=O) groups is 2. The molecule has 0 unspecified atom stereocenters. The van der Waals surface area contributed by atoms with Gasteiger partial charge in [-0.15, -0.1) is 0 Å². The van der Waals surface area contributed by atoms with Gasteiger partial charge in [0.1, 0.15) is 0 Å². The summed E-state index contributed by atoms with van der Waals surface area (Å²) in [4.78, 5) is 33.4. The quantitative estimate of drug-likeness (QED) is 0.533. The lowest BCUT2D eigenvalue weighted by Gasteiger charge is -2.56. The van der Waals surface area contributed by atoms with Gasteiger partial charge in [-0.1, -0.05) is 43.9 Å². The van der Waals surface area contributed by atoms with E-state index in [9.17, 15) is 9.59 Å². The molecule has 3 saturated heterocycles. The van der Waals surface area contributed by atoms with Crippen LogP contribution in [0.2, 0.25) is 0 Å². The van der Waals surface area contributed by atoms with Crippen molar-refractivity contribution in [1.29, 1.82) is 0 Å². The van der Waals surface area contributed by atoms with Crippen LogP contribution >= 0.6 is 0 Å². The number of Topliss-reactive ketones (excluding diaryl/α,β-unsaturated/α-hetero) is 1. The van der Waals surface area contributed by atoms with E-state index in [0.29, 0.717) is 18.6 Å². The zero-order valence-corrected chi connectivity index (χ0v) is 21.5. The van der Waals surface area contributed by atoms with Gasteiger partial charge in [-0.05, 0) is 88.7 Å². The first-order valence-corrected chi connectivity index (χ1v) is 14.5. The van der Waals surface area contributed by atoms with E-state index in [1.54, 1.807) is 6.92 Å². The van der Waals surface area contributed by atoms with Gasteiger partial charge in [0.25, 0.3) is 0 Å². The second-order valence-electron chi connectivity index (χ2n) is 12.3. The monoisotopic (exact) mass is 477 g/mol. The topological polar surface area (TPSA) is 43.9 Å². The number of benzene rings is 1. The third-order valence-electron chi connectivity index (χ3n) is 10.1. The van der Waals surface area contributed by atoms with Gasteiger partial charge in [0.2, 0.25) is 0 Å². The van der Waals surface area contributed by atoms with Gasteiger partial charge < -0.3 is 4.90 Å². The van der Waals surface area contributed by atoms with Crippen LogP contribution in [0.25, 0.3) is 0 Å². The van der Waals surface area contributed by atoms with Crippen molar-refractivity contribution in [3.05, 3.63) is 30.3 Å². The van der Waals surface area contributed by atoms with Crippen molar-refractivity contribution < 1.29 is 9.59 Å². The minimum absolute atomic E-state index is 0.0534. The molecule has 0 radical (unpaired) electrons. The van der Waals surface area contributed by atoms with Crippen LogP contribution < -0.4 is 4.90 Å². The lowest BCUT2D eigenvalue weighted by molar-refractivity contribution is -0.120. The molecule has 6 rings (SSSR count). The fourth-order valence-electron chi connectivity index (χ4n) is 8.76. The fraction of sp³-hybridized carbons (Fsp3) is 0.733. The molecule has 5 fully saturated rings. The summed E-state index contributed by atoms with van der Waals surface area (Å²) in [6, 6.07) is 12.2. The van der Waals surface area contributed by atoms with Gasteiger partial charge in [-0.2, -0.15) is 0 Å². The summed E-state index contributed by atoms with van der Waals surface area (Å²) in [6.45, 7) is 2.34. The van der Waals surface area contributed by atoms with Crippen molar-refractivity contribution in [1.82, 2.24) is 9.80 Å². The summed E-state index contributed by atoms with van der Waals surface area (Å²) in [6.07, 6.45) is 16.4. The third-order valence-corrected chi connectivity index (χ3v) is 10.1. The van der Waals surface area contributed by atoms with Crippen LogP contribution in [0.5, 0.6) is 0 Å². The molecule has 0 aromatic heterocycles. The van der Waals surface area contributed by atoms with Gasteiger partial charge >= 0.3 is 6.03 Å². The number of amides is 2. The van der Waals surface area contributed by atoms with Gasteiger partial charge in [-0.3, -0.25) is 14.6 Å². The number of hydrogen-bond donors (Lipinski definition) is 0. The molecule has 0 spiro atoms. The minimum atomic E-state index is -0.255. The van der Waals surface area contributed by atoms with E-state index < -0.39 is 0 Å². The zero-order valence-electron chi connectivity index (χ0n) is 21.5. The average Bonchev–Trinajstić information content (AvgIpc) is 3.35. The van der Waals surface area contributed by atoms with Gasteiger partial charge in [0, 0.05) is 36.4 Å². The highest BCUT2D eigenvalue weighted by molar-refractivity contribution is 5.96. The van der Waals surface area contributed by atoms with Crippen LogP contribution in [0.1, 0.15) is 90.4 Å². The molecule has 2 saturated carbocycles. The predicted molar refractivity (Wildman–Crippen MR) is 139 cm³/mol. The Morgan fingerprint density at radius 1 is 0.771 bits per heavy atom. The Morgan fingerprint density at radius 2 is 1.43 bits per heavy atom. The van der Waals surface area contributed by atoms with Crippen molar-refractivity contribution in [2.24, 2.45) is 11.8 Å². The molecule has 190 valence electrons. The molecule has 1 aromatic rings. The molecule has 7 atom stereocenters. The lowest BCUT2D eigenvalue weighted by Crippen LogP contribution is -2.63. The fourth-order valence-corrected chi connectivity index (χ4v) is 8.76. The molecule has 3 aliphatic heterocycles. The largest absolute Gasteiger partial charge is 0.325 e. The number of nitrogens with zero attached hydrogens (tertiary/aromatic N) is 3. The lowest BCUT2D eigenvalue weighted by atomic mass is 9.68. The number of fused-ring (bicyclic) bond motifs is 4. The first kappa shape index (κ1) is 23.5. The Hall–Kier alpha value is -1.88. The highest BCUT2D eigenvalue weighted by Gasteiger charge is 2.47. The number of piperidine rings is 2. The van der Waals surface area contributed by atoms with Gasteiger partial charge in [-0.25, -0.2) is 4.79 Å². The average molecular weight is 478 g/mol. The summed E-state index contributed by atoms with van der Waals surface area (Å²) in [7, 11) is 0. The van der Waals surface area contributed by atoms with Crippen molar-refractivity contribution in [2.45, 2.75) is 121 Å². The van der Waals surface area contributed by atoms with Crippen molar-refractivity contribution >= 4 is 17.5 Å². The summed E-state index contributed by atoms with van der Waals surface area (Å²) in [5.74, 6) is 2.03. The molecular weight excluding hydrogens is 434 g/mol. The Morgan fingerprint density at radius 3 is 2.09 bits per heavy atom. The number of hydrogen-bond acceptors (Lipinski definition) is 3. The summed E-state index contributed by atoms with van der Waals surface area (Å²) < 4.78 is 0. The van der Waals surface area contributed by atoms with E-state index in [1.807, 2.05) is 23.1 Å². The van der Waals surface area contributed by atoms with E-state index >= 15 is 0 Å². The number of rotatable bonds is 4. The first-order valence-electron chi connectivity index (χ1n) is 14.5. The van der Waals surface area contributed by atoms with Crippen molar-refractivity contribution in [3.63, 3.8) is 0 Å². The molecule has 2 aliphatic carbocycles. The highest BCUT2D eigenvalue weighted by atomic mass is 16.2. The van der Waals surface area contributed by atoms with Crippen LogP contribution in [0.15, 0.2) is 30.3 Å². The number of urea groups is 1. The van der Waals surface area contributed by atoms with Gasteiger partial charge in [0.05, 0.1) is 6.04 Å². The number of anilines is 1. The number of carbonyl (C=O) groups excluding carboxylic acids is 2. The van der Waals surface area contributed by atoms with E-state index in [4.69, 9.17) is 0 Å². The molecular formula is C30H43N3O2. The molecule has 5 heteroatoms. The first-order chi connectivity index (χ1) is 17.1. The van der Waals surface area contributed by atoms with E-state index in [1.165, 1.54) is 57.8 Å². The standard InChI is InChI=1S/C30H43N3O2/c1-21(34)29-14-7-15-31(29)30(35)33(24-10-3-2-4-11-24)28-19-25-12-6-13-26(20-28)32(25)27-17-22-8-5-9-23(16-22)18-27/h2-4,10-11,22-23,25-29H,5-9,12-20H2,1H3/t22-,23+,25-,26+,27+,28+,29-/m0/s1. The van der Waals surface area contributed by atoms with Crippen molar-refractivity contribution in [2.75, 3.05) is 11.4 Å². The predicted octanol–water partition coefficient (Wildman–Crippen LogP) is 6.02. The minimum Gasteiger partial charge on any atom is -0.314 e. The van der Waals surface area contributed by atoms with Crippen LogP contribution in [0.4, 0.5) is 10.5 Å². The Labute approximate surface area is 211 Å². The molecule has 4 bridgehead atoms. The number of para-hydroxylation sites is 1. The Kier molecular flexibility index (Phi) is 6.64. The van der Waals surface area contributed by atoms with Crippen LogP contribution in [0.3, 0.4) is 0 Å². The Balaban J connectivity index is 1.26. The molecule has 1 aromatic carbocycles. The molecule has 5 aliphatic rings. The maximum Gasteiger partial charge on any atom is 0.325 e. The normalized spacial score (nSPS) is 37.2. The maximum absolute atomic E-state index is 14.1. The number of likely N-dealkylation sites (tertiary alicyclic amines) is 1. The molecule has 5 nitrogen and oxygen atoms in total. The van der Waals surface area contributed by atoms with Crippen LogP contribution in [0, 0.1) is 11.8 Å². The van der Waals surface area contributed by atoms with E-state index in [2.05, 4.69) is 21.9 Å². The van der Waals surface area contributed by atoms with Gasteiger partial charge in [0.15, 0.2) is 5.78 Å². The van der Waals surface area contributed by atoms with Crippen molar-refractivity contribution in [3.8, 4) is 0 Å². The summed E-state index contributed by atoms with van der Waals surface area (Å²) in [5.41, 5.74) is 0.996. The molecule has 0 N–H and O–H groups in total. The smallest absolute Gasteiger partial charge is 0.314 e. The highest BCUT2D eigenvalue weighted by Crippen LogP contribution is 2.46. The number of ketones is 1. The second kappa shape index (κ2) is 9.88. The maximum atomic E-state index is 14.1. The summed E-state index contributed by atoms with van der Waals surface area (Å²) in [5, 5.41) is 0. The summed E-state index contributed by atoms with van der Waals surface area (Å²) >= 11 is 0. The third kappa shape index (κ3) is 4.54. The molecule has 3 heterocycles.